The number of hydrogen-bond acceptors (Lipinski definition) is 4. The van der Waals surface area contributed by atoms with Crippen LogP contribution in [0.15, 0.2) is 46.3 Å². The molecule has 1 heterocycles. The smallest absolute Gasteiger partial charge is 0.261 e. The third kappa shape index (κ3) is 3.58. The quantitative estimate of drug-likeness (QED) is 0.426. The molecule has 140 valence electrons. The average molecular weight is 382 g/mol. The molecule has 0 saturated heterocycles. The van der Waals surface area contributed by atoms with Gasteiger partial charge in [-0.15, -0.1) is 0 Å². The van der Waals surface area contributed by atoms with Gasteiger partial charge in [-0.05, 0) is 42.7 Å². The van der Waals surface area contributed by atoms with Gasteiger partial charge in [0.25, 0.3) is 5.56 Å². The van der Waals surface area contributed by atoms with E-state index in [9.17, 15) is 9.59 Å². The Morgan fingerprint density at radius 3 is 2.59 bits per heavy atom. The molecule has 2 aromatic carbocycles. The number of aromatic nitrogens is 2. The third-order valence-electron chi connectivity index (χ3n) is 5.26. The summed E-state index contributed by atoms with van der Waals surface area (Å²) >= 11 is 1.34. The van der Waals surface area contributed by atoms with Crippen LogP contribution < -0.4 is 10.9 Å². The monoisotopic (exact) mass is 381 g/mol. The first-order valence-corrected chi connectivity index (χ1v) is 10.3. The summed E-state index contributed by atoms with van der Waals surface area (Å²) in [5.41, 5.74) is 0.583. The second kappa shape index (κ2) is 7.35. The number of thioether (sulfide) groups is 1. The van der Waals surface area contributed by atoms with Crippen LogP contribution in [0.25, 0.3) is 21.7 Å². The molecule has 3 aromatic rings. The van der Waals surface area contributed by atoms with Gasteiger partial charge in [-0.2, -0.15) is 0 Å². The summed E-state index contributed by atoms with van der Waals surface area (Å²) in [6.45, 7) is 1.87. The van der Waals surface area contributed by atoms with Crippen LogP contribution in [0.2, 0.25) is 0 Å². The summed E-state index contributed by atoms with van der Waals surface area (Å²) in [5.74, 6) is 0.0137. The van der Waals surface area contributed by atoms with Gasteiger partial charge in [0.1, 0.15) is 0 Å². The molecule has 1 atom stereocenters. The van der Waals surface area contributed by atoms with E-state index in [0.717, 1.165) is 23.6 Å². The van der Waals surface area contributed by atoms with Crippen molar-refractivity contribution in [2.75, 3.05) is 0 Å². The SMILES string of the molecule is C[C@@H](Sc1nc2cc3ccccc3cc2c(=O)n1C)C(=O)NC1CCCC1. The normalized spacial score (nSPS) is 16.1. The molecule has 1 aliphatic rings. The highest BCUT2D eigenvalue weighted by molar-refractivity contribution is 8.00. The van der Waals surface area contributed by atoms with E-state index >= 15 is 0 Å². The first kappa shape index (κ1) is 18.0. The molecule has 6 heteroatoms. The summed E-state index contributed by atoms with van der Waals surface area (Å²) in [6.07, 6.45) is 4.48. The largest absolute Gasteiger partial charge is 0.352 e. The van der Waals surface area contributed by atoms with E-state index in [1.165, 1.54) is 24.6 Å². The van der Waals surface area contributed by atoms with E-state index in [1.54, 1.807) is 11.6 Å². The number of nitrogens with zero attached hydrogens (tertiary/aromatic N) is 2. The van der Waals surface area contributed by atoms with E-state index in [-0.39, 0.29) is 16.7 Å². The van der Waals surface area contributed by atoms with Crippen LogP contribution in [0.4, 0.5) is 0 Å². The van der Waals surface area contributed by atoms with Crippen molar-refractivity contribution in [1.29, 1.82) is 0 Å². The van der Waals surface area contributed by atoms with Gasteiger partial charge in [0.15, 0.2) is 5.16 Å². The van der Waals surface area contributed by atoms with Gasteiger partial charge in [0.05, 0.1) is 16.2 Å². The first-order chi connectivity index (χ1) is 13.0. The van der Waals surface area contributed by atoms with E-state index in [4.69, 9.17) is 0 Å². The van der Waals surface area contributed by atoms with E-state index in [0.29, 0.717) is 22.1 Å². The van der Waals surface area contributed by atoms with Crippen molar-refractivity contribution in [3.8, 4) is 0 Å². The highest BCUT2D eigenvalue weighted by atomic mass is 32.2. The lowest BCUT2D eigenvalue weighted by Gasteiger charge is -2.17. The van der Waals surface area contributed by atoms with Gasteiger partial charge in [-0.25, -0.2) is 4.98 Å². The minimum absolute atomic E-state index is 0.0137. The Bertz CT molecular complexity index is 1070. The number of nitrogens with one attached hydrogen (secondary N) is 1. The van der Waals surface area contributed by atoms with Crippen LogP contribution in [0.5, 0.6) is 0 Å². The number of fused-ring (bicyclic) bond motifs is 2. The van der Waals surface area contributed by atoms with E-state index in [2.05, 4.69) is 10.3 Å². The fourth-order valence-corrected chi connectivity index (χ4v) is 4.53. The number of benzene rings is 2. The fraction of sp³-hybridized carbons (Fsp3) is 0.381. The highest BCUT2D eigenvalue weighted by Gasteiger charge is 2.23. The molecule has 1 aromatic heterocycles. The summed E-state index contributed by atoms with van der Waals surface area (Å²) in [5, 5.41) is 6.05. The van der Waals surface area contributed by atoms with Crippen molar-refractivity contribution in [2.45, 2.75) is 49.1 Å². The lowest BCUT2D eigenvalue weighted by atomic mass is 10.1. The first-order valence-electron chi connectivity index (χ1n) is 9.39. The van der Waals surface area contributed by atoms with Crippen LogP contribution in [-0.2, 0) is 11.8 Å². The van der Waals surface area contributed by atoms with Crippen molar-refractivity contribution in [3.05, 3.63) is 46.8 Å². The molecule has 0 bridgehead atoms. The zero-order valence-corrected chi connectivity index (χ0v) is 16.4. The van der Waals surface area contributed by atoms with E-state index in [1.807, 2.05) is 43.3 Å². The highest BCUT2D eigenvalue weighted by Crippen LogP contribution is 2.25. The Labute approximate surface area is 162 Å². The number of hydrogen-bond donors (Lipinski definition) is 1. The fourth-order valence-electron chi connectivity index (χ4n) is 3.64. The predicted molar refractivity (Wildman–Crippen MR) is 110 cm³/mol. The Balaban J connectivity index is 1.64. The molecule has 0 aliphatic heterocycles. The second-order valence-corrected chi connectivity index (χ2v) is 8.53. The average Bonchev–Trinajstić information content (AvgIpc) is 3.17. The molecule has 0 unspecified atom stereocenters. The Kier molecular flexibility index (Phi) is 4.91. The van der Waals surface area contributed by atoms with Gasteiger partial charge in [-0.3, -0.25) is 14.2 Å². The molecule has 1 fully saturated rings. The zero-order chi connectivity index (χ0) is 19.0. The molecular weight excluding hydrogens is 358 g/mol. The van der Waals surface area contributed by atoms with Gasteiger partial charge >= 0.3 is 0 Å². The number of carbonyl (C=O) groups excluding carboxylic acids is 1. The lowest BCUT2D eigenvalue weighted by molar-refractivity contribution is -0.120. The summed E-state index contributed by atoms with van der Waals surface area (Å²) in [4.78, 5) is 30.0. The van der Waals surface area contributed by atoms with Crippen molar-refractivity contribution in [3.63, 3.8) is 0 Å². The minimum atomic E-state index is -0.304. The van der Waals surface area contributed by atoms with Crippen LogP contribution in [0.3, 0.4) is 0 Å². The Hall–Kier alpha value is -2.34. The molecule has 1 N–H and O–H groups in total. The minimum Gasteiger partial charge on any atom is -0.352 e. The van der Waals surface area contributed by atoms with Crippen molar-refractivity contribution < 1.29 is 4.79 Å². The summed E-state index contributed by atoms with van der Waals surface area (Å²) in [7, 11) is 1.72. The van der Waals surface area contributed by atoms with Crippen LogP contribution in [0, 0.1) is 0 Å². The Morgan fingerprint density at radius 2 is 1.89 bits per heavy atom. The predicted octanol–water partition coefficient (Wildman–Crippen LogP) is 3.63. The number of carbonyl (C=O) groups is 1. The maximum absolute atomic E-state index is 12.8. The molecule has 4 rings (SSSR count). The van der Waals surface area contributed by atoms with Gasteiger partial charge in [0, 0.05) is 13.1 Å². The number of amides is 1. The molecule has 1 amide bonds. The zero-order valence-electron chi connectivity index (χ0n) is 15.6. The topological polar surface area (TPSA) is 64.0 Å². The molecule has 27 heavy (non-hydrogen) atoms. The molecule has 1 aliphatic carbocycles. The standard InChI is InChI=1S/C21H23N3O2S/c1-13(19(25)22-16-9-5-6-10-16)27-21-23-18-12-15-8-4-3-7-14(15)11-17(18)20(26)24(21)2/h3-4,7-8,11-13,16H,5-6,9-10H2,1-2H3,(H,22,25)/t13-/m1/s1. The van der Waals surface area contributed by atoms with Gasteiger partial charge in [-0.1, -0.05) is 48.9 Å². The molecular formula is C21H23N3O2S. The lowest BCUT2D eigenvalue weighted by Crippen LogP contribution is -2.38. The third-order valence-corrected chi connectivity index (χ3v) is 6.40. The molecule has 0 radical (unpaired) electrons. The molecule has 0 spiro atoms. The summed E-state index contributed by atoms with van der Waals surface area (Å²) < 4.78 is 1.54. The van der Waals surface area contributed by atoms with Crippen molar-refractivity contribution >= 4 is 39.3 Å². The van der Waals surface area contributed by atoms with Crippen molar-refractivity contribution in [1.82, 2.24) is 14.9 Å². The maximum atomic E-state index is 12.8. The molecule has 1 saturated carbocycles. The maximum Gasteiger partial charge on any atom is 0.261 e. The van der Waals surface area contributed by atoms with Gasteiger partial charge in [0.2, 0.25) is 5.91 Å². The second-order valence-electron chi connectivity index (χ2n) is 7.23. The number of rotatable bonds is 4. The van der Waals surface area contributed by atoms with Crippen molar-refractivity contribution in [2.24, 2.45) is 7.05 Å². The molecule has 5 nitrogen and oxygen atoms in total. The Morgan fingerprint density at radius 1 is 1.22 bits per heavy atom. The van der Waals surface area contributed by atoms with Crippen LogP contribution in [0.1, 0.15) is 32.6 Å². The van der Waals surface area contributed by atoms with E-state index < -0.39 is 0 Å². The van der Waals surface area contributed by atoms with Crippen LogP contribution >= 0.6 is 11.8 Å². The summed E-state index contributed by atoms with van der Waals surface area (Å²) in [6, 6.07) is 12.1. The van der Waals surface area contributed by atoms with Gasteiger partial charge < -0.3 is 5.32 Å². The van der Waals surface area contributed by atoms with Crippen LogP contribution in [-0.4, -0.2) is 26.8 Å².